The van der Waals surface area contributed by atoms with Gasteiger partial charge in [0.2, 0.25) is 0 Å². The van der Waals surface area contributed by atoms with Gasteiger partial charge in [-0.05, 0) is 44.0 Å². The maximum Gasteiger partial charge on any atom is 0.326 e. The van der Waals surface area contributed by atoms with Crippen molar-refractivity contribution >= 4 is 11.9 Å². The van der Waals surface area contributed by atoms with Gasteiger partial charge in [0.1, 0.15) is 5.54 Å². The van der Waals surface area contributed by atoms with Crippen LogP contribution in [0, 0.1) is 13.8 Å². The molecular formula is C22H27N3O2. The standard InChI is InChI=1S/C22H27N3O2/c1-5-22(19-9-7-6-8-10-19)20(26)25(21(27)23-22)15-24(4)14-18-12-11-16(2)13-17(18)3/h6-13H,5,14-15H2,1-4H3,(H,23,27)/t22-/m0/s1. The highest BCUT2D eigenvalue weighted by molar-refractivity contribution is 6.07. The summed E-state index contributed by atoms with van der Waals surface area (Å²) in [5.41, 5.74) is 3.49. The minimum absolute atomic E-state index is 0.186. The average Bonchev–Trinajstić information content (AvgIpc) is 2.90. The van der Waals surface area contributed by atoms with Crippen LogP contribution in [0.15, 0.2) is 48.5 Å². The summed E-state index contributed by atoms with van der Waals surface area (Å²) in [7, 11) is 1.92. The minimum atomic E-state index is -0.973. The number of rotatable bonds is 6. The Labute approximate surface area is 161 Å². The smallest absolute Gasteiger partial charge is 0.319 e. The zero-order valence-corrected chi connectivity index (χ0v) is 16.5. The predicted octanol–water partition coefficient (Wildman–Crippen LogP) is 3.55. The molecule has 5 nitrogen and oxygen atoms in total. The molecule has 0 bridgehead atoms. The fraction of sp³-hybridized carbons (Fsp3) is 0.364. The molecule has 5 heteroatoms. The zero-order valence-electron chi connectivity index (χ0n) is 16.5. The number of aryl methyl sites for hydroxylation is 2. The molecule has 3 amide bonds. The highest BCUT2D eigenvalue weighted by Crippen LogP contribution is 2.32. The van der Waals surface area contributed by atoms with Crippen molar-refractivity contribution in [2.24, 2.45) is 0 Å². The van der Waals surface area contributed by atoms with Crippen LogP contribution < -0.4 is 5.32 Å². The first-order chi connectivity index (χ1) is 12.9. The largest absolute Gasteiger partial charge is 0.326 e. The number of hydrogen-bond acceptors (Lipinski definition) is 3. The number of benzene rings is 2. The Bertz CT molecular complexity index is 850. The molecule has 1 heterocycles. The lowest BCUT2D eigenvalue weighted by Crippen LogP contribution is -2.44. The molecule has 27 heavy (non-hydrogen) atoms. The van der Waals surface area contributed by atoms with Crippen molar-refractivity contribution in [2.75, 3.05) is 13.7 Å². The Hall–Kier alpha value is -2.66. The van der Waals surface area contributed by atoms with Crippen LogP contribution in [-0.4, -0.2) is 35.5 Å². The van der Waals surface area contributed by atoms with Crippen LogP contribution >= 0.6 is 0 Å². The second kappa shape index (κ2) is 7.53. The lowest BCUT2D eigenvalue weighted by molar-refractivity contribution is -0.133. The Kier molecular flexibility index (Phi) is 5.33. The topological polar surface area (TPSA) is 52.7 Å². The quantitative estimate of drug-likeness (QED) is 0.797. The molecule has 1 aliphatic rings. The molecular weight excluding hydrogens is 338 g/mol. The third-order valence-electron chi connectivity index (χ3n) is 5.29. The SMILES string of the molecule is CC[C@@]1(c2ccccc2)NC(=O)N(CN(C)Cc2ccc(C)cc2C)C1=O. The number of nitrogens with zero attached hydrogens (tertiary/aromatic N) is 2. The van der Waals surface area contributed by atoms with E-state index in [0.29, 0.717) is 13.0 Å². The van der Waals surface area contributed by atoms with Gasteiger partial charge in [0.15, 0.2) is 0 Å². The number of carbonyl (C=O) groups excluding carboxylic acids is 2. The number of imide groups is 1. The van der Waals surface area contributed by atoms with Gasteiger partial charge in [0, 0.05) is 6.54 Å². The Morgan fingerprint density at radius 3 is 2.41 bits per heavy atom. The van der Waals surface area contributed by atoms with E-state index in [9.17, 15) is 9.59 Å². The lowest BCUT2D eigenvalue weighted by atomic mass is 9.87. The second-order valence-corrected chi connectivity index (χ2v) is 7.37. The van der Waals surface area contributed by atoms with Crippen molar-refractivity contribution in [3.63, 3.8) is 0 Å². The van der Waals surface area contributed by atoms with Gasteiger partial charge in [0.05, 0.1) is 6.67 Å². The molecule has 1 atom stereocenters. The number of urea groups is 1. The first-order valence-corrected chi connectivity index (χ1v) is 9.31. The molecule has 3 rings (SSSR count). The van der Waals surface area contributed by atoms with Crippen molar-refractivity contribution < 1.29 is 9.59 Å². The van der Waals surface area contributed by atoms with E-state index in [0.717, 1.165) is 5.56 Å². The van der Waals surface area contributed by atoms with Gasteiger partial charge in [-0.15, -0.1) is 0 Å². The number of hydrogen-bond donors (Lipinski definition) is 1. The fourth-order valence-corrected chi connectivity index (χ4v) is 3.72. The summed E-state index contributed by atoms with van der Waals surface area (Å²) in [5.74, 6) is -0.186. The van der Waals surface area contributed by atoms with Crippen LogP contribution in [0.1, 0.15) is 35.6 Å². The monoisotopic (exact) mass is 365 g/mol. The summed E-state index contributed by atoms with van der Waals surface area (Å²) in [5, 5.41) is 2.93. The number of carbonyl (C=O) groups is 2. The highest BCUT2D eigenvalue weighted by Gasteiger charge is 2.51. The minimum Gasteiger partial charge on any atom is -0.319 e. The molecule has 0 unspecified atom stereocenters. The van der Waals surface area contributed by atoms with Gasteiger partial charge in [-0.1, -0.05) is 61.0 Å². The van der Waals surface area contributed by atoms with Gasteiger partial charge in [-0.2, -0.15) is 0 Å². The molecule has 1 aliphatic heterocycles. The molecule has 0 aliphatic carbocycles. The number of amides is 3. The molecule has 2 aromatic carbocycles. The molecule has 1 saturated heterocycles. The summed E-state index contributed by atoms with van der Waals surface area (Å²) in [6.07, 6.45) is 0.513. The second-order valence-electron chi connectivity index (χ2n) is 7.37. The Morgan fingerprint density at radius 2 is 1.78 bits per heavy atom. The molecule has 0 saturated carbocycles. The van der Waals surface area contributed by atoms with Crippen LogP contribution in [-0.2, 0) is 16.9 Å². The van der Waals surface area contributed by atoms with E-state index in [1.165, 1.54) is 21.6 Å². The zero-order chi connectivity index (χ0) is 19.6. The maximum atomic E-state index is 13.2. The van der Waals surface area contributed by atoms with E-state index in [1.807, 2.05) is 49.2 Å². The van der Waals surface area contributed by atoms with E-state index in [1.54, 1.807) is 0 Å². The Morgan fingerprint density at radius 1 is 1.07 bits per heavy atom. The fourth-order valence-electron chi connectivity index (χ4n) is 3.72. The van der Waals surface area contributed by atoms with Crippen LogP contribution in [0.5, 0.6) is 0 Å². The lowest BCUT2D eigenvalue weighted by Gasteiger charge is -2.27. The van der Waals surface area contributed by atoms with Crippen molar-refractivity contribution in [3.05, 3.63) is 70.8 Å². The third-order valence-corrected chi connectivity index (χ3v) is 5.29. The Balaban J connectivity index is 1.77. The van der Waals surface area contributed by atoms with Crippen LogP contribution in [0.2, 0.25) is 0 Å². The molecule has 2 aromatic rings. The molecule has 1 N–H and O–H groups in total. The van der Waals surface area contributed by atoms with Gasteiger partial charge >= 0.3 is 6.03 Å². The van der Waals surface area contributed by atoms with E-state index < -0.39 is 5.54 Å². The van der Waals surface area contributed by atoms with Crippen molar-refractivity contribution in [1.29, 1.82) is 0 Å². The van der Waals surface area contributed by atoms with Crippen LogP contribution in [0.4, 0.5) is 4.79 Å². The van der Waals surface area contributed by atoms with Crippen LogP contribution in [0.25, 0.3) is 0 Å². The molecule has 0 radical (unpaired) electrons. The first kappa shape index (κ1) is 19.1. The predicted molar refractivity (Wildman–Crippen MR) is 106 cm³/mol. The molecule has 1 fully saturated rings. The van der Waals surface area contributed by atoms with Gasteiger partial charge in [-0.3, -0.25) is 9.69 Å². The molecule has 0 spiro atoms. The van der Waals surface area contributed by atoms with Crippen molar-refractivity contribution in [3.8, 4) is 0 Å². The van der Waals surface area contributed by atoms with Crippen molar-refractivity contribution in [2.45, 2.75) is 39.3 Å². The summed E-state index contributed by atoms with van der Waals surface area (Å²) < 4.78 is 0. The van der Waals surface area contributed by atoms with Crippen LogP contribution in [0.3, 0.4) is 0 Å². The summed E-state index contributed by atoms with van der Waals surface area (Å²) in [6, 6.07) is 15.5. The summed E-state index contributed by atoms with van der Waals surface area (Å²) in [6.45, 7) is 7.01. The van der Waals surface area contributed by atoms with Gasteiger partial charge in [0.25, 0.3) is 5.91 Å². The molecule has 0 aromatic heterocycles. The van der Waals surface area contributed by atoms with Crippen molar-refractivity contribution in [1.82, 2.24) is 15.1 Å². The molecule has 142 valence electrons. The number of nitrogens with one attached hydrogen (secondary N) is 1. The maximum absolute atomic E-state index is 13.2. The van der Waals surface area contributed by atoms with E-state index in [4.69, 9.17) is 0 Å². The van der Waals surface area contributed by atoms with E-state index in [2.05, 4.69) is 37.4 Å². The van der Waals surface area contributed by atoms with Gasteiger partial charge < -0.3 is 5.32 Å². The normalized spacial score (nSPS) is 19.7. The highest BCUT2D eigenvalue weighted by atomic mass is 16.2. The third kappa shape index (κ3) is 3.60. The van der Waals surface area contributed by atoms with E-state index >= 15 is 0 Å². The summed E-state index contributed by atoms with van der Waals surface area (Å²) >= 11 is 0. The van der Waals surface area contributed by atoms with Gasteiger partial charge in [-0.25, -0.2) is 9.69 Å². The summed E-state index contributed by atoms with van der Waals surface area (Å²) in [4.78, 5) is 29.1. The average molecular weight is 365 g/mol. The van der Waals surface area contributed by atoms with E-state index in [-0.39, 0.29) is 18.6 Å². The first-order valence-electron chi connectivity index (χ1n) is 9.31.